The molecular weight excluding hydrogens is 456 g/mol. The molecule has 0 bridgehead atoms. The van der Waals surface area contributed by atoms with E-state index >= 15 is 0 Å². The van der Waals surface area contributed by atoms with Crippen LogP contribution in [0.1, 0.15) is 10.4 Å². The number of carbonyl (C=O) groups is 1. The lowest BCUT2D eigenvalue weighted by molar-refractivity contribution is 0.102. The second kappa shape index (κ2) is 11.8. The lowest BCUT2D eigenvalue weighted by atomic mass is 10.1. The third-order valence-corrected chi connectivity index (χ3v) is 5.24. The minimum atomic E-state index is -0.257. The Balaban J connectivity index is 1.46. The minimum absolute atomic E-state index is 0.257. The molecule has 0 aliphatic rings. The molecule has 0 radical (unpaired) electrons. The summed E-state index contributed by atoms with van der Waals surface area (Å²) in [6.45, 7) is 1.42. The first-order valence-corrected chi connectivity index (χ1v) is 11.4. The third-order valence-electron chi connectivity index (χ3n) is 5.24. The predicted octanol–water partition coefficient (Wildman–Crippen LogP) is 4.48. The third kappa shape index (κ3) is 6.55. The number of rotatable bonds is 10. The minimum Gasteiger partial charge on any atom is -0.495 e. The molecule has 4 aromatic rings. The van der Waals surface area contributed by atoms with Crippen LogP contribution in [0.2, 0.25) is 0 Å². The number of nitrogens with zero attached hydrogens (tertiary/aromatic N) is 4. The Morgan fingerprint density at radius 3 is 2.58 bits per heavy atom. The van der Waals surface area contributed by atoms with Gasteiger partial charge in [-0.1, -0.05) is 0 Å². The maximum Gasteiger partial charge on any atom is 0.255 e. The highest BCUT2D eigenvalue weighted by Crippen LogP contribution is 2.29. The number of nitrogens with one attached hydrogen (secondary N) is 2. The van der Waals surface area contributed by atoms with Crippen LogP contribution in [-0.4, -0.2) is 60.1 Å². The van der Waals surface area contributed by atoms with Gasteiger partial charge in [-0.25, -0.2) is 9.97 Å². The Bertz CT molecular complexity index is 1300. The van der Waals surface area contributed by atoms with E-state index in [0.29, 0.717) is 35.2 Å². The predicted molar refractivity (Wildman–Crippen MR) is 140 cm³/mol. The maximum atomic E-state index is 12.9. The van der Waals surface area contributed by atoms with Gasteiger partial charge in [0, 0.05) is 41.9 Å². The molecule has 0 saturated carbocycles. The number of carbonyl (C=O) groups excluding carboxylic acids is 1. The first kappa shape index (κ1) is 24.6. The summed E-state index contributed by atoms with van der Waals surface area (Å²) in [5.41, 5.74) is 3.28. The Labute approximate surface area is 210 Å². The molecule has 0 spiro atoms. The Hall–Kier alpha value is -4.50. The van der Waals surface area contributed by atoms with Crippen LogP contribution in [-0.2, 0) is 0 Å². The van der Waals surface area contributed by atoms with E-state index in [1.54, 1.807) is 43.9 Å². The molecule has 0 saturated heterocycles. The van der Waals surface area contributed by atoms with Crippen molar-refractivity contribution in [1.29, 1.82) is 0 Å². The SMILES string of the molecule is COc1ccc(C(=O)Nc2ccc(OCCN(C)C)cc2)cc1Nc1nccc(-c2cccnc2)n1. The van der Waals surface area contributed by atoms with Crippen LogP contribution in [0.25, 0.3) is 11.3 Å². The van der Waals surface area contributed by atoms with Gasteiger partial charge < -0.3 is 25.0 Å². The first-order chi connectivity index (χ1) is 17.5. The number of amides is 1. The number of hydrogen-bond donors (Lipinski definition) is 2. The standard InChI is InChI=1S/C27H28N6O3/c1-33(2)15-16-36-22-9-7-21(8-10-22)30-26(34)19-6-11-25(35-3)24(17-19)32-27-29-14-12-23(31-27)20-5-4-13-28-18-20/h4-14,17-18H,15-16H2,1-3H3,(H,30,34)(H,29,31,32). The van der Waals surface area contributed by atoms with Gasteiger partial charge in [-0.3, -0.25) is 9.78 Å². The van der Waals surface area contributed by atoms with Crippen molar-refractivity contribution < 1.29 is 14.3 Å². The first-order valence-electron chi connectivity index (χ1n) is 11.4. The van der Waals surface area contributed by atoms with Crippen molar-refractivity contribution in [2.45, 2.75) is 0 Å². The Morgan fingerprint density at radius 2 is 1.86 bits per heavy atom. The van der Waals surface area contributed by atoms with E-state index in [1.807, 2.05) is 56.6 Å². The van der Waals surface area contributed by atoms with E-state index in [1.165, 1.54) is 0 Å². The van der Waals surface area contributed by atoms with E-state index in [4.69, 9.17) is 9.47 Å². The van der Waals surface area contributed by atoms with Crippen LogP contribution in [0.15, 0.2) is 79.3 Å². The van der Waals surface area contributed by atoms with E-state index in [0.717, 1.165) is 23.6 Å². The van der Waals surface area contributed by atoms with Gasteiger partial charge in [0.15, 0.2) is 0 Å². The highest BCUT2D eigenvalue weighted by molar-refractivity contribution is 6.05. The molecule has 0 atom stereocenters. The van der Waals surface area contributed by atoms with Gasteiger partial charge >= 0.3 is 0 Å². The van der Waals surface area contributed by atoms with Crippen LogP contribution in [0, 0.1) is 0 Å². The van der Waals surface area contributed by atoms with Crippen LogP contribution in [0.5, 0.6) is 11.5 Å². The number of anilines is 3. The summed E-state index contributed by atoms with van der Waals surface area (Å²) in [6.07, 6.45) is 5.11. The largest absolute Gasteiger partial charge is 0.495 e. The van der Waals surface area contributed by atoms with Crippen LogP contribution in [0.3, 0.4) is 0 Å². The number of methoxy groups -OCH3 is 1. The molecule has 1 amide bonds. The summed E-state index contributed by atoms with van der Waals surface area (Å²) in [5, 5.41) is 6.07. The lowest BCUT2D eigenvalue weighted by Crippen LogP contribution is -2.19. The number of ether oxygens (including phenoxy) is 2. The van der Waals surface area contributed by atoms with Crippen LogP contribution in [0.4, 0.5) is 17.3 Å². The molecule has 2 aromatic carbocycles. The fourth-order valence-electron chi connectivity index (χ4n) is 3.35. The number of hydrogen-bond acceptors (Lipinski definition) is 8. The molecular formula is C27H28N6O3. The van der Waals surface area contributed by atoms with Gasteiger partial charge in [0.25, 0.3) is 5.91 Å². The average molecular weight is 485 g/mol. The highest BCUT2D eigenvalue weighted by Gasteiger charge is 2.13. The zero-order valence-corrected chi connectivity index (χ0v) is 20.4. The molecule has 184 valence electrons. The molecule has 0 fully saturated rings. The fourth-order valence-corrected chi connectivity index (χ4v) is 3.35. The molecule has 9 nitrogen and oxygen atoms in total. The summed E-state index contributed by atoms with van der Waals surface area (Å²) in [6, 6.07) is 18.0. The second-order valence-electron chi connectivity index (χ2n) is 8.18. The summed E-state index contributed by atoms with van der Waals surface area (Å²) in [5.74, 6) is 1.42. The van der Waals surface area contributed by atoms with Crippen LogP contribution >= 0.6 is 0 Å². The molecule has 2 heterocycles. The van der Waals surface area contributed by atoms with E-state index < -0.39 is 0 Å². The molecule has 36 heavy (non-hydrogen) atoms. The quantitative estimate of drug-likeness (QED) is 0.340. The molecule has 2 N–H and O–H groups in total. The summed E-state index contributed by atoms with van der Waals surface area (Å²) in [7, 11) is 5.55. The van der Waals surface area contributed by atoms with Crippen LogP contribution < -0.4 is 20.1 Å². The maximum absolute atomic E-state index is 12.9. The van der Waals surface area contributed by atoms with Gasteiger partial charge in [-0.15, -0.1) is 0 Å². The van der Waals surface area contributed by atoms with E-state index in [2.05, 4.69) is 30.5 Å². The Morgan fingerprint density at radius 1 is 1.03 bits per heavy atom. The number of aromatic nitrogens is 3. The molecule has 9 heteroatoms. The summed E-state index contributed by atoms with van der Waals surface area (Å²) < 4.78 is 11.2. The highest BCUT2D eigenvalue weighted by atomic mass is 16.5. The summed E-state index contributed by atoms with van der Waals surface area (Å²) in [4.78, 5) is 28.0. The number of likely N-dealkylation sites (N-methyl/N-ethyl adjacent to an activating group) is 1. The van der Waals surface area contributed by atoms with Gasteiger partial charge in [-0.2, -0.15) is 0 Å². The monoisotopic (exact) mass is 484 g/mol. The topological polar surface area (TPSA) is 102 Å². The number of pyridine rings is 1. The van der Waals surface area contributed by atoms with Crippen molar-refractivity contribution in [3.63, 3.8) is 0 Å². The molecule has 0 aliphatic heterocycles. The number of benzene rings is 2. The fraction of sp³-hybridized carbons (Fsp3) is 0.185. The van der Waals surface area contributed by atoms with E-state index in [-0.39, 0.29) is 5.91 Å². The second-order valence-corrected chi connectivity index (χ2v) is 8.18. The van der Waals surface area contributed by atoms with Gasteiger partial charge in [0.05, 0.1) is 18.5 Å². The molecule has 4 rings (SSSR count). The van der Waals surface area contributed by atoms with Gasteiger partial charge in [0.1, 0.15) is 18.1 Å². The van der Waals surface area contributed by atoms with Crippen molar-refractivity contribution in [3.8, 4) is 22.8 Å². The lowest BCUT2D eigenvalue weighted by Gasteiger charge is -2.13. The molecule has 0 aliphatic carbocycles. The zero-order chi connectivity index (χ0) is 25.3. The smallest absolute Gasteiger partial charge is 0.255 e. The molecule has 2 aromatic heterocycles. The van der Waals surface area contributed by atoms with E-state index in [9.17, 15) is 4.79 Å². The zero-order valence-electron chi connectivity index (χ0n) is 20.4. The van der Waals surface area contributed by atoms with Gasteiger partial charge in [0.2, 0.25) is 5.95 Å². The van der Waals surface area contributed by atoms with Crippen molar-refractivity contribution in [2.75, 3.05) is 45.0 Å². The summed E-state index contributed by atoms with van der Waals surface area (Å²) >= 11 is 0. The van der Waals surface area contributed by atoms with Crippen molar-refractivity contribution >= 4 is 23.2 Å². The molecule has 0 unspecified atom stereocenters. The van der Waals surface area contributed by atoms with Crippen molar-refractivity contribution in [1.82, 2.24) is 19.9 Å². The van der Waals surface area contributed by atoms with Gasteiger partial charge in [-0.05, 0) is 74.8 Å². The van der Waals surface area contributed by atoms with Crippen molar-refractivity contribution in [3.05, 3.63) is 84.8 Å². The normalized spacial score (nSPS) is 10.7. The Kier molecular flexibility index (Phi) is 8.05. The van der Waals surface area contributed by atoms with Crippen molar-refractivity contribution in [2.24, 2.45) is 0 Å². The average Bonchev–Trinajstić information content (AvgIpc) is 2.90.